The molecule has 5 heteroatoms. The molecule has 2 heterocycles. The standard InChI is InChI=1S/C12H14N4O/c1-7-12(17)15-14-11-5-3-8-2-4-9(13)6-10(8)16(7)11/h2,4,6-7H,3,5,13H2,1H3,(H,15,17)/t7-/m1/s1. The second-order valence-electron chi connectivity index (χ2n) is 4.44. The predicted octanol–water partition coefficient (Wildman–Crippen LogP) is 0.853. The van der Waals surface area contributed by atoms with Crippen molar-refractivity contribution in [3.8, 4) is 0 Å². The summed E-state index contributed by atoms with van der Waals surface area (Å²) < 4.78 is 0. The molecule has 1 aromatic carbocycles. The quantitative estimate of drug-likeness (QED) is 0.649. The summed E-state index contributed by atoms with van der Waals surface area (Å²) >= 11 is 0. The zero-order valence-electron chi connectivity index (χ0n) is 9.60. The summed E-state index contributed by atoms with van der Waals surface area (Å²) in [6.45, 7) is 1.88. The Kier molecular flexibility index (Phi) is 2.07. The number of aryl methyl sites for hydroxylation is 1. The highest BCUT2D eigenvalue weighted by Gasteiger charge is 2.33. The highest BCUT2D eigenvalue weighted by molar-refractivity contribution is 6.08. The normalized spacial score (nSPS) is 22.4. The Bertz CT molecular complexity index is 523. The van der Waals surface area contributed by atoms with Crippen LogP contribution in [0.25, 0.3) is 0 Å². The molecule has 0 unspecified atom stereocenters. The molecule has 2 aliphatic heterocycles. The fourth-order valence-electron chi connectivity index (χ4n) is 2.39. The maximum atomic E-state index is 11.7. The van der Waals surface area contributed by atoms with Crippen molar-refractivity contribution in [2.24, 2.45) is 5.10 Å². The summed E-state index contributed by atoms with van der Waals surface area (Å²) in [5.41, 5.74) is 11.3. The number of fused-ring (bicyclic) bond motifs is 3. The Morgan fingerprint density at radius 2 is 2.29 bits per heavy atom. The minimum absolute atomic E-state index is 0.0796. The number of carbonyl (C=O) groups is 1. The van der Waals surface area contributed by atoms with Crippen molar-refractivity contribution >= 4 is 23.1 Å². The molecule has 1 aromatic rings. The first kappa shape index (κ1) is 10.1. The number of nitrogens with one attached hydrogen (secondary N) is 1. The predicted molar refractivity (Wildman–Crippen MR) is 66.7 cm³/mol. The van der Waals surface area contributed by atoms with Crippen LogP contribution in [0, 0.1) is 0 Å². The Hall–Kier alpha value is -2.04. The highest BCUT2D eigenvalue weighted by atomic mass is 16.2. The van der Waals surface area contributed by atoms with Crippen molar-refractivity contribution in [1.82, 2.24) is 5.43 Å². The minimum atomic E-state index is -0.233. The van der Waals surface area contributed by atoms with Gasteiger partial charge in [0, 0.05) is 17.8 Å². The van der Waals surface area contributed by atoms with Gasteiger partial charge in [-0.2, -0.15) is 5.10 Å². The molecule has 0 saturated heterocycles. The van der Waals surface area contributed by atoms with E-state index in [1.165, 1.54) is 5.56 Å². The van der Waals surface area contributed by atoms with Crippen LogP contribution in [-0.4, -0.2) is 17.8 Å². The van der Waals surface area contributed by atoms with Crippen molar-refractivity contribution in [3.63, 3.8) is 0 Å². The van der Waals surface area contributed by atoms with Gasteiger partial charge in [-0.1, -0.05) is 6.07 Å². The topological polar surface area (TPSA) is 70.7 Å². The third-order valence-corrected chi connectivity index (χ3v) is 3.33. The van der Waals surface area contributed by atoms with Gasteiger partial charge in [0.25, 0.3) is 5.91 Å². The van der Waals surface area contributed by atoms with Crippen molar-refractivity contribution in [2.45, 2.75) is 25.8 Å². The van der Waals surface area contributed by atoms with Crippen LogP contribution in [0.5, 0.6) is 0 Å². The van der Waals surface area contributed by atoms with Gasteiger partial charge < -0.3 is 10.6 Å². The van der Waals surface area contributed by atoms with Gasteiger partial charge in [0.1, 0.15) is 11.9 Å². The first-order chi connectivity index (χ1) is 8.16. The number of rotatable bonds is 0. The summed E-state index contributed by atoms with van der Waals surface area (Å²) in [5.74, 6) is 0.833. The molecular weight excluding hydrogens is 216 g/mol. The van der Waals surface area contributed by atoms with Crippen molar-refractivity contribution in [2.75, 3.05) is 10.6 Å². The number of nitrogen functional groups attached to an aromatic ring is 1. The fourth-order valence-corrected chi connectivity index (χ4v) is 2.39. The molecule has 17 heavy (non-hydrogen) atoms. The summed E-state index contributed by atoms with van der Waals surface area (Å²) in [6, 6.07) is 5.61. The van der Waals surface area contributed by atoms with Crippen LogP contribution in [0.1, 0.15) is 18.9 Å². The van der Waals surface area contributed by atoms with Crippen LogP contribution in [0.4, 0.5) is 11.4 Å². The molecule has 3 rings (SSSR count). The Labute approximate surface area is 99.3 Å². The number of amides is 1. The van der Waals surface area contributed by atoms with Crippen molar-refractivity contribution < 1.29 is 4.79 Å². The average Bonchev–Trinajstić information content (AvgIpc) is 2.33. The van der Waals surface area contributed by atoms with Crippen LogP contribution < -0.4 is 16.1 Å². The lowest BCUT2D eigenvalue weighted by Crippen LogP contribution is -2.53. The van der Waals surface area contributed by atoms with E-state index in [1.807, 2.05) is 30.0 Å². The van der Waals surface area contributed by atoms with Gasteiger partial charge in [0.05, 0.1) is 0 Å². The average molecular weight is 230 g/mol. The lowest BCUT2D eigenvalue weighted by molar-refractivity contribution is -0.122. The van der Waals surface area contributed by atoms with Gasteiger partial charge in [-0.3, -0.25) is 4.79 Å². The van der Waals surface area contributed by atoms with Crippen LogP contribution in [0.3, 0.4) is 0 Å². The molecule has 0 aromatic heterocycles. The molecule has 0 aliphatic carbocycles. The van der Waals surface area contributed by atoms with E-state index >= 15 is 0 Å². The zero-order chi connectivity index (χ0) is 12.0. The summed E-state index contributed by atoms with van der Waals surface area (Å²) in [7, 11) is 0. The number of benzene rings is 1. The van der Waals surface area contributed by atoms with Gasteiger partial charge in [-0.05, 0) is 31.0 Å². The second kappa shape index (κ2) is 3.48. The van der Waals surface area contributed by atoms with Gasteiger partial charge in [-0.15, -0.1) is 0 Å². The van der Waals surface area contributed by atoms with E-state index in [9.17, 15) is 4.79 Å². The maximum absolute atomic E-state index is 11.7. The number of amidine groups is 1. The number of nitrogens with two attached hydrogens (primary N) is 1. The molecule has 0 fully saturated rings. The number of nitrogens with zero attached hydrogens (tertiary/aromatic N) is 2. The Morgan fingerprint density at radius 1 is 1.47 bits per heavy atom. The number of carbonyl (C=O) groups excluding carboxylic acids is 1. The SMILES string of the molecule is C[C@@H]1C(=O)NN=C2CCc3ccc(N)cc3N21. The Morgan fingerprint density at radius 3 is 3.12 bits per heavy atom. The summed E-state index contributed by atoms with van der Waals surface area (Å²) in [5, 5.41) is 4.11. The molecule has 5 nitrogen and oxygen atoms in total. The number of hydrazone groups is 1. The molecule has 2 aliphatic rings. The highest BCUT2D eigenvalue weighted by Crippen LogP contribution is 2.32. The largest absolute Gasteiger partial charge is 0.399 e. The van der Waals surface area contributed by atoms with Gasteiger partial charge in [-0.25, -0.2) is 5.43 Å². The van der Waals surface area contributed by atoms with E-state index in [0.29, 0.717) is 5.69 Å². The molecule has 3 N–H and O–H groups in total. The van der Waals surface area contributed by atoms with E-state index < -0.39 is 0 Å². The first-order valence-corrected chi connectivity index (χ1v) is 5.71. The van der Waals surface area contributed by atoms with E-state index in [0.717, 1.165) is 24.4 Å². The third-order valence-electron chi connectivity index (χ3n) is 3.33. The van der Waals surface area contributed by atoms with Crippen molar-refractivity contribution in [3.05, 3.63) is 23.8 Å². The number of hydrogen-bond donors (Lipinski definition) is 2. The summed E-state index contributed by atoms with van der Waals surface area (Å²) in [4.78, 5) is 13.6. The summed E-state index contributed by atoms with van der Waals surface area (Å²) in [6.07, 6.45) is 1.79. The van der Waals surface area contributed by atoms with Crippen LogP contribution in [0.2, 0.25) is 0 Å². The molecular formula is C12H14N4O. The van der Waals surface area contributed by atoms with E-state index in [4.69, 9.17) is 5.73 Å². The first-order valence-electron chi connectivity index (χ1n) is 5.71. The fraction of sp³-hybridized carbons (Fsp3) is 0.333. The lowest BCUT2D eigenvalue weighted by atomic mass is 9.98. The van der Waals surface area contributed by atoms with E-state index in [-0.39, 0.29) is 11.9 Å². The van der Waals surface area contributed by atoms with Gasteiger partial charge in [0.2, 0.25) is 0 Å². The number of anilines is 2. The van der Waals surface area contributed by atoms with E-state index in [1.54, 1.807) is 0 Å². The molecule has 1 amide bonds. The van der Waals surface area contributed by atoms with Crippen LogP contribution >= 0.6 is 0 Å². The molecule has 0 saturated carbocycles. The monoisotopic (exact) mass is 230 g/mol. The minimum Gasteiger partial charge on any atom is -0.399 e. The second-order valence-corrected chi connectivity index (χ2v) is 4.44. The maximum Gasteiger partial charge on any atom is 0.262 e. The van der Waals surface area contributed by atoms with E-state index in [2.05, 4.69) is 10.5 Å². The smallest absolute Gasteiger partial charge is 0.262 e. The van der Waals surface area contributed by atoms with Crippen LogP contribution in [-0.2, 0) is 11.2 Å². The number of hydrogen-bond acceptors (Lipinski definition) is 4. The molecule has 0 spiro atoms. The Balaban J connectivity index is 2.14. The molecule has 88 valence electrons. The van der Waals surface area contributed by atoms with Gasteiger partial charge in [0.15, 0.2) is 0 Å². The third kappa shape index (κ3) is 1.46. The van der Waals surface area contributed by atoms with Crippen LogP contribution in [0.15, 0.2) is 23.3 Å². The zero-order valence-corrected chi connectivity index (χ0v) is 9.60. The molecule has 0 bridgehead atoms. The van der Waals surface area contributed by atoms with Crippen molar-refractivity contribution in [1.29, 1.82) is 0 Å². The molecule has 1 atom stereocenters. The van der Waals surface area contributed by atoms with Gasteiger partial charge >= 0.3 is 0 Å². The lowest BCUT2D eigenvalue weighted by Gasteiger charge is -2.38. The molecule has 0 radical (unpaired) electrons.